The van der Waals surface area contributed by atoms with Crippen LogP contribution in [0.25, 0.3) is 0 Å². The molecule has 0 aliphatic rings. The normalized spacial score (nSPS) is 10.6. The van der Waals surface area contributed by atoms with Gasteiger partial charge in [0.05, 0.1) is 11.3 Å². The number of hydrogen-bond acceptors (Lipinski definition) is 4. The molecule has 2 aromatic heterocycles. The highest BCUT2D eigenvalue weighted by Gasteiger charge is 2.12. The quantitative estimate of drug-likeness (QED) is 0.824. The number of nitrogens with one attached hydrogen (secondary N) is 1. The van der Waals surface area contributed by atoms with E-state index in [0.717, 1.165) is 29.3 Å². The Kier molecular flexibility index (Phi) is 4.68. The fraction of sp³-hybridized carbons (Fsp3) is 0.462. The molecule has 2 aromatic rings. The standard InChI is InChI=1S/C13H18N4OS/c1-10-12(16-11(2)19-10)13(18)15-5-3-4-7-17-8-6-14-9-17/h6,8-9H,3-5,7H2,1-2H3,(H,15,18). The Bertz CT molecular complexity index is 533. The zero-order chi connectivity index (χ0) is 13.7. The number of aromatic nitrogens is 3. The number of nitrogens with zero attached hydrogens (tertiary/aromatic N) is 3. The molecule has 19 heavy (non-hydrogen) atoms. The summed E-state index contributed by atoms with van der Waals surface area (Å²) >= 11 is 1.56. The lowest BCUT2D eigenvalue weighted by Crippen LogP contribution is -2.25. The highest BCUT2D eigenvalue weighted by Crippen LogP contribution is 2.15. The number of aryl methyl sites for hydroxylation is 3. The van der Waals surface area contributed by atoms with Crippen LogP contribution in [0.5, 0.6) is 0 Å². The molecule has 0 atom stereocenters. The van der Waals surface area contributed by atoms with Gasteiger partial charge in [-0.05, 0) is 26.7 Å². The van der Waals surface area contributed by atoms with Crippen LogP contribution in [0.2, 0.25) is 0 Å². The lowest BCUT2D eigenvalue weighted by molar-refractivity contribution is 0.0948. The first-order chi connectivity index (χ1) is 9.16. The van der Waals surface area contributed by atoms with Gasteiger partial charge in [-0.25, -0.2) is 9.97 Å². The Labute approximate surface area is 116 Å². The third-order valence-corrected chi connectivity index (χ3v) is 3.69. The molecule has 0 fully saturated rings. The number of unbranched alkanes of at least 4 members (excludes halogenated alkanes) is 1. The van der Waals surface area contributed by atoms with Crippen LogP contribution in [-0.4, -0.2) is 27.0 Å². The van der Waals surface area contributed by atoms with E-state index in [2.05, 4.69) is 15.3 Å². The van der Waals surface area contributed by atoms with Crippen LogP contribution in [0.1, 0.15) is 33.2 Å². The van der Waals surface area contributed by atoms with Gasteiger partial charge in [0.25, 0.3) is 5.91 Å². The molecule has 0 spiro atoms. The summed E-state index contributed by atoms with van der Waals surface area (Å²) in [7, 11) is 0. The van der Waals surface area contributed by atoms with Crippen molar-refractivity contribution in [2.24, 2.45) is 0 Å². The average molecular weight is 278 g/mol. The van der Waals surface area contributed by atoms with Gasteiger partial charge in [-0.3, -0.25) is 4.79 Å². The van der Waals surface area contributed by atoms with Gasteiger partial charge < -0.3 is 9.88 Å². The lowest BCUT2D eigenvalue weighted by atomic mass is 10.3. The maximum absolute atomic E-state index is 11.9. The highest BCUT2D eigenvalue weighted by molar-refractivity contribution is 7.11. The molecule has 0 radical (unpaired) electrons. The first kappa shape index (κ1) is 13.7. The Balaban J connectivity index is 1.68. The van der Waals surface area contributed by atoms with Crippen molar-refractivity contribution in [3.05, 3.63) is 34.3 Å². The van der Waals surface area contributed by atoms with Crippen molar-refractivity contribution < 1.29 is 4.79 Å². The second-order valence-electron chi connectivity index (χ2n) is 4.40. The lowest BCUT2D eigenvalue weighted by Gasteiger charge is -2.04. The van der Waals surface area contributed by atoms with Crippen LogP contribution in [0.3, 0.4) is 0 Å². The summed E-state index contributed by atoms with van der Waals surface area (Å²) in [5, 5.41) is 3.85. The summed E-state index contributed by atoms with van der Waals surface area (Å²) in [6.07, 6.45) is 7.49. The van der Waals surface area contributed by atoms with Gasteiger partial charge in [-0.2, -0.15) is 0 Å². The molecule has 6 heteroatoms. The number of hydrogen-bond donors (Lipinski definition) is 1. The monoisotopic (exact) mass is 278 g/mol. The van der Waals surface area contributed by atoms with E-state index in [0.29, 0.717) is 12.2 Å². The third-order valence-electron chi connectivity index (χ3n) is 2.81. The summed E-state index contributed by atoms with van der Waals surface area (Å²) in [5.74, 6) is -0.0653. The molecule has 2 heterocycles. The van der Waals surface area contributed by atoms with Crippen LogP contribution in [0.15, 0.2) is 18.7 Å². The number of rotatable bonds is 6. The van der Waals surface area contributed by atoms with Gasteiger partial charge in [0, 0.05) is 30.4 Å². The molecule has 0 bridgehead atoms. The van der Waals surface area contributed by atoms with Gasteiger partial charge >= 0.3 is 0 Å². The molecular formula is C13H18N4OS. The molecule has 0 saturated heterocycles. The second kappa shape index (κ2) is 6.47. The van der Waals surface area contributed by atoms with Crippen LogP contribution >= 0.6 is 11.3 Å². The molecule has 102 valence electrons. The van der Waals surface area contributed by atoms with E-state index in [-0.39, 0.29) is 5.91 Å². The van der Waals surface area contributed by atoms with E-state index in [4.69, 9.17) is 0 Å². The van der Waals surface area contributed by atoms with Crippen molar-refractivity contribution in [1.82, 2.24) is 19.9 Å². The zero-order valence-corrected chi connectivity index (χ0v) is 12.0. The van der Waals surface area contributed by atoms with Gasteiger partial charge in [0.2, 0.25) is 0 Å². The molecule has 0 aliphatic carbocycles. The number of carbonyl (C=O) groups is 1. The van der Waals surface area contributed by atoms with Crippen molar-refractivity contribution in [1.29, 1.82) is 0 Å². The Morgan fingerprint density at radius 1 is 1.42 bits per heavy atom. The minimum atomic E-state index is -0.0653. The van der Waals surface area contributed by atoms with Crippen molar-refractivity contribution >= 4 is 17.2 Å². The maximum atomic E-state index is 11.9. The molecule has 0 aromatic carbocycles. The first-order valence-corrected chi connectivity index (χ1v) is 7.16. The summed E-state index contributed by atoms with van der Waals surface area (Å²) in [5.41, 5.74) is 0.567. The number of imidazole rings is 1. The molecule has 0 unspecified atom stereocenters. The Hall–Kier alpha value is -1.69. The molecule has 2 rings (SSSR count). The van der Waals surface area contributed by atoms with Gasteiger partial charge in [-0.1, -0.05) is 0 Å². The van der Waals surface area contributed by atoms with Gasteiger partial charge in [0.1, 0.15) is 5.69 Å². The molecule has 0 aliphatic heterocycles. The fourth-order valence-corrected chi connectivity index (χ4v) is 2.68. The predicted molar refractivity (Wildman–Crippen MR) is 75.4 cm³/mol. The van der Waals surface area contributed by atoms with Crippen molar-refractivity contribution in [2.75, 3.05) is 6.54 Å². The number of amides is 1. The van der Waals surface area contributed by atoms with Crippen LogP contribution in [0.4, 0.5) is 0 Å². The minimum Gasteiger partial charge on any atom is -0.351 e. The van der Waals surface area contributed by atoms with Crippen molar-refractivity contribution in [3.8, 4) is 0 Å². The van der Waals surface area contributed by atoms with E-state index in [1.54, 1.807) is 23.9 Å². The smallest absolute Gasteiger partial charge is 0.271 e. The number of thiazole rings is 1. The van der Waals surface area contributed by atoms with E-state index in [9.17, 15) is 4.79 Å². The Morgan fingerprint density at radius 3 is 2.89 bits per heavy atom. The fourth-order valence-electron chi connectivity index (χ4n) is 1.86. The van der Waals surface area contributed by atoms with Crippen molar-refractivity contribution in [3.63, 3.8) is 0 Å². The van der Waals surface area contributed by atoms with E-state index < -0.39 is 0 Å². The van der Waals surface area contributed by atoms with Gasteiger partial charge in [0.15, 0.2) is 0 Å². The van der Waals surface area contributed by atoms with Gasteiger partial charge in [-0.15, -0.1) is 11.3 Å². The van der Waals surface area contributed by atoms with Crippen LogP contribution in [0, 0.1) is 13.8 Å². The SMILES string of the molecule is Cc1nc(C(=O)NCCCCn2ccnc2)c(C)s1. The average Bonchev–Trinajstić information content (AvgIpc) is 2.98. The topological polar surface area (TPSA) is 59.8 Å². The largest absolute Gasteiger partial charge is 0.351 e. The second-order valence-corrected chi connectivity index (χ2v) is 5.81. The summed E-state index contributed by atoms with van der Waals surface area (Å²) < 4.78 is 2.04. The zero-order valence-electron chi connectivity index (χ0n) is 11.2. The molecule has 1 N–H and O–H groups in total. The van der Waals surface area contributed by atoms with Crippen LogP contribution < -0.4 is 5.32 Å². The van der Waals surface area contributed by atoms with E-state index in [1.807, 2.05) is 24.6 Å². The maximum Gasteiger partial charge on any atom is 0.271 e. The molecule has 1 amide bonds. The van der Waals surface area contributed by atoms with E-state index >= 15 is 0 Å². The van der Waals surface area contributed by atoms with E-state index in [1.165, 1.54) is 0 Å². The molecule has 0 saturated carbocycles. The first-order valence-electron chi connectivity index (χ1n) is 6.35. The third kappa shape index (κ3) is 3.89. The van der Waals surface area contributed by atoms with Crippen LogP contribution in [-0.2, 0) is 6.54 Å². The molecule has 5 nitrogen and oxygen atoms in total. The van der Waals surface area contributed by atoms with Crippen molar-refractivity contribution in [2.45, 2.75) is 33.2 Å². The summed E-state index contributed by atoms with van der Waals surface area (Å²) in [4.78, 5) is 21.1. The summed E-state index contributed by atoms with van der Waals surface area (Å²) in [6, 6.07) is 0. The highest BCUT2D eigenvalue weighted by atomic mass is 32.1. The number of carbonyl (C=O) groups excluding carboxylic acids is 1. The molecular weight excluding hydrogens is 260 g/mol. The summed E-state index contributed by atoms with van der Waals surface area (Å²) in [6.45, 7) is 5.46. The predicted octanol–water partition coefficient (Wildman–Crippen LogP) is 2.17. The minimum absolute atomic E-state index is 0.0653. The Morgan fingerprint density at radius 2 is 2.26 bits per heavy atom.